The molecular weight excluding hydrogens is 551 g/mol. The molecule has 0 unspecified atom stereocenters. The van der Waals surface area contributed by atoms with Crippen LogP contribution in [0.2, 0.25) is 0 Å². The van der Waals surface area contributed by atoms with E-state index < -0.39 is 17.3 Å². The van der Waals surface area contributed by atoms with E-state index in [4.69, 9.17) is 9.47 Å². The number of alkyl halides is 3. The quantitative estimate of drug-likeness (QED) is 0.383. The number of alkyl carbamates (subject to hydrolysis) is 1. The third kappa shape index (κ3) is 5.45. The molecule has 0 saturated heterocycles. The van der Waals surface area contributed by atoms with E-state index in [2.05, 4.69) is 32.0 Å². The minimum absolute atomic E-state index is 0.00434. The fraction of sp³-hybridized carbons (Fsp3) is 0.621. The van der Waals surface area contributed by atoms with E-state index in [-0.39, 0.29) is 41.4 Å². The first-order chi connectivity index (χ1) is 19.7. The third-order valence-corrected chi connectivity index (χ3v) is 8.81. The number of rotatable bonds is 7. The average molecular weight is 588 g/mol. The Balaban J connectivity index is 1.00. The van der Waals surface area contributed by atoms with Crippen LogP contribution in [0.5, 0.6) is 5.75 Å². The zero-order valence-electron chi connectivity index (χ0n) is 24.2. The number of hydrogen-bond donors (Lipinski definition) is 1. The Morgan fingerprint density at radius 1 is 1.07 bits per heavy atom. The summed E-state index contributed by atoms with van der Waals surface area (Å²) in [5, 5.41) is 20.7. The molecular formula is C29H36F3N7O3. The molecule has 2 heterocycles. The number of nitrogens with one attached hydrogen (secondary N) is 1. The Kier molecular flexibility index (Phi) is 6.76. The minimum Gasteiger partial charge on any atom is -0.486 e. The Labute approximate surface area is 242 Å². The molecule has 0 aliphatic heterocycles. The SMILES string of the molecule is Cn1c(COc2cccc(C(F)(F)F)c2)nnc1C1CCC(n2cc(C34CC(NC(=O)OC(C)(C)C)(C3)C4)nn2)CC1. The van der Waals surface area contributed by atoms with Crippen molar-refractivity contribution in [3.8, 4) is 5.75 Å². The summed E-state index contributed by atoms with van der Waals surface area (Å²) < 4.78 is 53.9. The highest BCUT2D eigenvalue weighted by atomic mass is 19.4. The maximum Gasteiger partial charge on any atom is 0.416 e. The lowest BCUT2D eigenvalue weighted by Crippen LogP contribution is -2.77. The number of carbonyl (C=O) groups excluding carboxylic acids is 1. The number of aromatic nitrogens is 6. The third-order valence-electron chi connectivity index (χ3n) is 8.81. The van der Waals surface area contributed by atoms with Gasteiger partial charge in [0.1, 0.15) is 23.8 Å². The summed E-state index contributed by atoms with van der Waals surface area (Å²) >= 11 is 0. The Morgan fingerprint density at radius 2 is 1.79 bits per heavy atom. The van der Waals surface area contributed by atoms with Gasteiger partial charge in [-0.2, -0.15) is 13.2 Å². The summed E-state index contributed by atoms with van der Waals surface area (Å²) in [6.45, 7) is 5.60. The molecule has 4 aliphatic rings. The number of nitrogens with zero attached hydrogens (tertiary/aromatic N) is 6. The number of halogens is 3. The normalized spacial score (nSPS) is 27.1. The second kappa shape index (κ2) is 9.98. The van der Waals surface area contributed by atoms with Crippen LogP contribution < -0.4 is 10.1 Å². The molecule has 1 N–H and O–H groups in total. The van der Waals surface area contributed by atoms with Crippen molar-refractivity contribution < 1.29 is 27.4 Å². The lowest BCUT2D eigenvalue weighted by atomic mass is 9.38. The number of benzene rings is 1. The van der Waals surface area contributed by atoms with E-state index in [0.717, 1.165) is 68.6 Å². The van der Waals surface area contributed by atoms with Gasteiger partial charge in [-0.15, -0.1) is 15.3 Å². The van der Waals surface area contributed by atoms with Crippen molar-refractivity contribution in [1.29, 1.82) is 0 Å². The van der Waals surface area contributed by atoms with E-state index in [0.29, 0.717) is 5.82 Å². The molecule has 1 aromatic carbocycles. The molecule has 226 valence electrons. The van der Waals surface area contributed by atoms with Crippen LogP contribution in [0.25, 0.3) is 0 Å². The van der Waals surface area contributed by atoms with Crippen molar-refractivity contribution in [2.45, 2.75) is 107 Å². The largest absolute Gasteiger partial charge is 0.486 e. The summed E-state index contributed by atoms with van der Waals surface area (Å²) in [7, 11) is 1.87. The van der Waals surface area contributed by atoms with E-state index in [1.54, 1.807) is 0 Å². The van der Waals surface area contributed by atoms with Crippen LogP contribution in [-0.2, 0) is 30.0 Å². The Bertz CT molecular complexity index is 1450. The lowest BCUT2D eigenvalue weighted by Gasteiger charge is -2.69. The molecule has 13 heteroatoms. The number of hydrogen-bond acceptors (Lipinski definition) is 7. The molecule has 4 fully saturated rings. The van der Waals surface area contributed by atoms with Gasteiger partial charge in [0.25, 0.3) is 0 Å². The highest BCUT2D eigenvalue weighted by molar-refractivity contribution is 5.70. The summed E-state index contributed by atoms with van der Waals surface area (Å²) in [4.78, 5) is 12.2. The molecule has 42 heavy (non-hydrogen) atoms. The van der Waals surface area contributed by atoms with Crippen LogP contribution in [0, 0.1) is 0 Å². The fourth-order valence-electron chi connectivity index (χ4n) is 6.78. The van der Waals surface area contributed by atoms with Crippen molar-refractivity contribution in [1.82, 2.24) is 35.1 Å². The van der Waals surface area contributed by atoms with Gasteiger partial charge in [-0.25, -0.2) is 9.48 Å². The van der Waals surface area contributed by atoms with Gasteiger partial charge in [0, 0.05) is 30.1 Å². The monoisotopic (exact) mass is 587 g/mol. The van der Waals surface area contributed by atoms with Gasteiger partial charge in [0.15, 0.2) is 5.82 Å². The molecule has 0 atom stereocenters. The summed E-state index contributed by atoms with van der Waals surface area (Å²) in [6, 6.07) is 5.07. The van der Waals surface area contributed by atoms with Crippen LogP contribution in [-0.4, -0.2) is 47.0 Å². The van der Waals surface area contributed by atoms with Gasteiger partial charge in [0.2, 0.25) is 0 Å². The summed E-state index contributed by atoms with van der Waals surface area (Å²) in [5.74, 6) is 1.77. The van der Waals surface area contributed by atoms with Gasteiger partial charge >= 0.3 is 12.3 Å². The van der Waals surface area contributed by atoms with E-state index >= 15 is 0 Å². The van der Waals surface area contributed by atoms with Gasteiger partial charge in [0.05, 0.1) is 17.3 Å². The molecule has 10 nitrogen and oxygen atoms in total. The minimum atomic E-state index is -4.43. The fourth-order valence-corrected chi connectivity index (χ4v) is 6.78. The van der Waals surface area contributed by atoms with Crippen molar-refractivity contribution in [2.24, 2.45) is 7.05 Å². The number of carbonyl (C=O) groups is 1. The molecule has 4 aliphatic carbocycles. The van der Waals surface area contributed by atoms with Crippen molar-refractivity contribution in [3.05, 3.63) is 53.4 Å². The van der Waals surface area contributed by atoms with Crippen LogP contribution in [0.1, 0.15) is 101 Å². The van der Waals surface area contributed by atoms with Gasteiger partial charge in [-0.3, -0.25) is 0 Å². The first-order valence-corrected chi connectivity index (χ1v) is 14.4. The molecule has 4 saturated carbocycles. The topological polar surface area (TPSA) is 109 Å². The summed E-state index contributed by atoms with van der Waals surface area (Å²) in [6.07, 6.45) is 3.53. The van der Waals surface area contributed by atoms with Gasteiger partial charge < -0.3 is 19.4 Å². The number of amides is 1. The molecule has 3 aromatic rings. The van der Waals surface area contributed by atoms with E-state index in [1.165, 1.54) is 12.1 Å². The van der Waals surface area contributed by atoms with Crippen molar-refractivity contribution >= 4 is 6.09 Å². The van der Waals surface area contributed by atoms with Gasteiger partial charge in [-0.05, 0) is 83.9 Å². The predicted octanol–water partition coefficient (Wildman–Crippen LogP) is 5.60. The molecule has 1 amide bonds. The average Bonchev–Trinajstić information content (AvgIpc) is 3.50. The Hall–Kier alpha value is -3.64. The standard InChI is InChI=1S/C29H36F3N7O3/c1-26(2,3)42-25(40)33-28-15-27(16-28,17-28)22-13-39(37-34-22)20-10-8-18(9-11-20)24-36-35-23(38(24)4)14-41-21-7-5-6-19(12-21)29(30,31)32/h5-7,12-13,18,20H,8-11,14-17H2,1-4H3,(H,33,40). The first kappa shape index (κ1) is 28.5. The lowest BCUT2D eigenvalue weighted by molar-refractivity contribution is -0.137. The highest BCUT2D eigenvalue weighted by Gasteiger charge is 2.70. The van der Waals surface area contributed by atoms with Gasteiger partial charge in [-0.1, -0.05) is 11.3 Å². The first-order valence-electron chi connectivity index (χ1n) is 14.4. The predicted molar refractivity (Wildman–Crippen MR) is 145 cm³/mol. The maximum absolute atomic E-state index is 13.0. The van der Waals surface area contributed by atoms with E-state index in [1.807, 2.05) is 37.1 Å². The van der Waals surface area contributed by atoms with E-state index in [9.17, 15) is 18.0 Å². The van der Waals surface area contributed by atoms with Crippen LogP contribution in [0.4, 0.5) is 18.0 Å². The second-order valence-electron chi connectivity index (χ2n) is 13.2. The van der Waals surface area contributed by atoms with Crippen LogP contribution >= 0.6 is 0 Å². The van der Waals surface area contributed by atoms with Crippen molar-refractivity contribution in [3.63, 3.8) is 0 Å². The maximum atomic E-state index is 13.0. The smallest absolute Gasteiger partial charge is 0.416 e. The van der Waals surface area contributed by atoms with Crippen LogP contribution in [0.3, 0.4) is 0 Å². The zero-order valence-corrected chi connectivity index (χ0v) is 24.2. The molecule has 2 bridgehead atoms. The zero-order chi connectivity index (χ0) is 29.9. The summed E-state index contributed by atoms with van der Waals surface area (Å²) in [5.41, 5.74) is -0.464. The molecule has 7 rings (SSSR count). The highest BCUT2D eigenvalue weighted by Crippen LogP contribution is 2.67. The number of ether oxygens (including phenoxy) is 2. The van der Waals surface area contributed by atoms with Crippen LogP contribution in [0.15, 0.2) is 30.5 Å². The Morgan fingerprint density at radius 3 is 2.45 bits per heavy atom. The second-order valence-corrected chi connectivity index (χ2v) is 13.2. The van der Waals surface area contributed by atoms with Crippen molar-refractivity contribution in [2.75, 3.05) is 0 Å². The molecule has 0 spiro atoms. The molecule has 0 radical (unpaired) electrons. The molecule has 2 aromatic heterocycles.